The molecule has 0 aliphatic heterocycles. The number of hydrogen-bond donors (Lipinski definition) is 0. The molecule has 0 unspecified atom stereocenters. The smallest absolute Gasteiger partial charge is 0.283 e. The van der Waals surface area contributed by atoms with Crippen molar-refractivity contribution in [3.05, 3.63) is 44.7 Å². The van der Waals surface area contributed by atoms with Crippen LogP contribution in [0.1, 0.15) is 62.7 Å². The molecule has 2 aromatic rings. The number of carbonyl (C=O) groups excluding carboxylic acids is 1. The van der Waals surface area contributed by atoms with Gasteiger partial charge in [0, 0.05) is 22.6 Å². The lowest BCUT2D eigenvalue weighted by atomic mass is 9.95. The summed E-state index contributed by atoms with van der Waals surface area (Å²) in [6.45, 7) is 11.6. The van der Waals surface area contributed by atoms with Crippen LogP contribution >= 0.6 is 22.9 Å². The summed E-state index contributed by atoms with van der Waals surface area (Å²) in [5.74, 6) is 0.716. The zero-order chi connectivity index (χ0) is 19.8. The number of thiazole rings is 1. The average Bonchev–Trinajstić information content (AvgIpc) is 3.28. The lowest BCUT2D eigenvalue weighted by Gasteiger charge is -2.14. The molecule has 0 bridgehead atoms. The summed E-state index contributed by atoms with van der Waals surface area (Å²) in [6, 6.07) is 5.16. The molecule has 0 spiro atoms. The molecule has 1 aliphatic rings. The molecule has 0 radical (unpaired) electrons. The Morgan fingerprint density at radius 1 is 1.37 bits per heavy atom. The number of rotatable bonds is 5. The van der Waals surface area contributed by atoms with Gasteiger partial charge in [0.2, 0.25) is 0 Å². The predicted octanol–water partition coefficient (Wildman–Crippen LogP) is 5.44. The van der Waals surface area contributed by atoms with Crippen molar-refractivity contribution in [2.75, 3.05) is 0 Å². The van der Waals surface area contributed by atoms with Crippen molar-refractivity contribution >= 4 is 28.8 Å². The molecular weight excluding hydrogens is 380 g/mol. The number of aromatic nitrogens is 1. The minimum Gasteiger partial charge on any atom is -0.490 e. The van der Waals surface area contributed by atoms with E-state index in [9.17, 15) is 4.79 Å². The normalized spacial score (nSPS) is 15.4. The molecule has 3 rings (SSSR count). The zero-order valence-corrected chi connectivity index (χ0v) is 18.2. The molecule has 1 aliphatic carbocycles. The van der Waals surface area contributed by atoms with Crippen molar-refractivity contribution in [2.45, 2.75) is 65.5 Å². The van der Waals surface area contributed by atoms with Gasteiger partial charge in [0.15, 0.2) is 4.80 Å². The van der Waals surface area contributed by atoms with Crippen LogP contribution in [0.5, 0.6) is 5.75 Å². The van der Waals surface area contributed by atoms with Crippen molar-refractivity contribution in [3.63, 3.8) is 0 Å². The van der Waals surface area contributed by atoms with Crippen LogP contribution in [0.3, 0.4) is 0 Å². The van der Waals surface area contributed by atoms with Gasteiger partial charge >= 0.3 is 0 Å². The standard InChI is InChI=1S/C21H27ClN2O2S/c1-13(2)11-24-12-18(21(3,4)5)27-20(24)23-19(25)16-10-14(22)6-9-17(16)26-15-7-8-15/h6,9-10,12-13,15H,7-8,11H2,1-5H3/b23-20-. The fourth-order valence-electron chi connectivity index (χ4n) is 2.62. The van der Waals surface area contributed by atoms with E-state index in [0.717, 1.165) is 24.2 Å². The first-order valence-corrected chi connectivity index (χ1v) is 10.6. The van der Waals surface area contributed by atoms with Gasteiger partial charge in [-0.15, -0.1) is 11.3 Å². The minimum atomic E-state index is -0.312. The van der Waals surface area contributed by atoms with Crippen LogP contribution in [0, 0.1) is 5.92 Å². The number of benzene rings is 1. The van der Waals surface area contributed by atoms with Crippen molar-refractivity contribution in [1.82, 2.24) is 4.57 Å². The van der Waals surface area contributed by atoms with E-state index < -0.39 is 0 Å². The van der Waals surface area contributed by atoms with Crippen LogP contribution in [0.4, 0.5) is 0 Å². The molecule has 6 heteroatoms. The number of hydrogen-bond acceptors (Lipinski definition) is 3. The van der Waals surface area contributed by atoms with E-state index in [0.29, 0.717) is 22.3 Å². The summed E-state index contributed by atoms with van der Waals surface area (Å²) >= 11 is 7.70. The fraction of sp³-hybridized carbons (Fsp3) is 0.524. The second-order valence-corrected chi connectivity index (χ2v) is 9.99. The molecule has 0 N–H and O–H groups in total. The summed E-state index contributed by atoms with van der Waals surface area (Å²) in [7, 11) is 0. The van der Waals surface area contributed by atoms with Gasteiger partial charge in [0.05, 0.1) is 11.7 Å². The Morgan fingerprint density at radius 3 is 2.67 bits per heavy atom. The minimum absolute atomic E-state index is 0.0104. The second-order valence-electron chi connectivity index (χ2n) is 8.55. The fourth-order valence-corrected chi connectivity index (χ4v) is 3.85. The Labute approximate surface area is 169 Å². The predicted molar refractivity (Wildman–Crippen MR) is 111 cm³/mol. The van der Waals surface area contributed by atoms with Gasteiger partial charge in [-0.1, -0.05) is 46.2 Å². The molecule has 1 fully saturated rings. The molecule has 4 nitrogen and oxygen atoms in total. The van der Waals surface area contributed by atoms with Crippen LogP contribution in [0.25, 0.3) is 0 Å². The number of nitrogens with zero attached hydrogens (tertiary/aromatic N) is 2. The highest BCUT2D eigenvalue weighted by Crippen LogP contribution is 2.31. The van der Waals surface area contributed by atoms with Gasteiger partial charge in [-0.05, 0) is 42.4 Å². The van der Waals surface area contributed by atoms with Crippen LogP contribution in [0.15, 0.2) is 29.4 Å². The van der Waals surface area contributed by atoms with Crippen molar-refractivity contribution in [3.8, 4) is 5.75 Å². The summed E-state index contributed by atoms with van der Waals surface area (Å²) in [4.78, 5) is 19.3. The molecule has 1 aromatic carbocycles. The van der Waals surface area contributed by atoms with Crippen molar-refractivity contribution in [1.29, 1.82) is 0 Å². The van der Waals surface area contributed by atoms with Crippen LogP contribution in [-0.4, -0.2) is 16.6 Å². The van der Waals surface area contributed by atoms with Gasteiger partial charge in [-0.3, -0.25) is 4.79 Å². The van der Waals surface area contributed by atoms with Crippen LogP contribution < -0.4 is 9.54 Å². The molecule has 1 saturated carbocycles. The van der Waals surface area contributed by atoms with Gasteiger partial charge in [-0.2, -0.15) is 4.99 Å². The number of ether oxygens (including phenoxy) is 1. The highest BCUT2D eigenvalue weighted by molar-refractivity contribution is 7.09. The topological polar surface area (TPSA) is 43.6 Å². The monoisotopic (exact) mass is 406 g/mol. The van der Waals surface area contributed by atoms with E-state index >= 15 is 0 Å². The molecule has 1 aromatic heterocycles. The summed E-state index contributed by atoms with van der Waals surface area (Å²) < 4.78 is 7.96. The highest BCUT2D eigenvalue weighted by Gasteiger charge is 2.26. The van der Waals surface area contributed by atoms with Gasteiger partial charge in [0.25, 0.3) is 5.91 Å². The Hall–Kier alpha value is -1.59. The second kappa shape index (κ2) is 7.80. The Kier molecular flexibility index (Phi) is 5.82. The summed E-state index contributed by atoms with van der Waals surface area (Å²) in [5.41, 5.74) is 0.437. The maximum Gasteiger partial charge on any atom is 0.283 e. The van der Waals surface area contributed by atoms with E-state index in [1.165, 1.54) is 4.88 Å². The Morgan fingerprint density at radius 2 is 2.07 bits per heavy atom. The molecule has 146 valence electrons. The first kappa shape index (κ1) is 20.2. The number of halogens is 1. The largest absolute Gasteiger partial charge is 0.490 e. The van der Waals surface area contributed by atoms with E-state index in [4.69, 9.17) is 16.3 Å². The Balaban J connectivity index is 2.01. The quantitative estimate of drug-likeness (QED) is 0.663. The summed E-state index contributed by atoms with van der Waals surface area (Å²) in [5, 5.41) is 0.508. The molecule has 1 amide bonds. The highest BCUT2D eigenvalue weighted by atomic mass is 35.5. The molecule has 0 saturated heterocycles. The van der Waals surface area contributed by atoms with E-state index in [-0.39, 0.29) is 17.4 Å². The third-order valence-corrected chi connectivity index (χ3v) is 5.89. The maximum absolute atomic E-state index is 13.0. The Bertz CT molecular complexity index is 902. The molecule has 27 heavy (non-hydrogen) atoms. The van der Waals surface area contributed by atoms with Gasteiger partial charge < -0.3 is 9.30 Å². The van der Waals surface area contributed by atoms with Crippen LogP contribution in [0.2, 0.25) is 5.02 Å². The number of amides is 1. The molecule has 0 atom stereocenters. The number of carbonyl (C=O) groups is 1. The van der Waals surface area contributed by atoms with E-state index in [1.54, 1.807) is 29.5 Å². The first-order chi connectivity index (χ1) is 12.6. The zero-order valence-electron chi connectivity index (χ0n) is 16.6. The maximum atomic E-state index is 13.0. The third kappa shape index (κ3) is 5.23. The van der Waals surface area contributed by atoms with Gasteiger partial charge in [-0.25, -0.2) is 0 Å². The SMILES string of the molecule is CC(C)Cn1cc(C(C)(C)C)s/c1=N\C(=O)c1cc(Cl)ccc1OC1CC1. The lowest BCUT2D eigenvalue weighted by molar-refractivity contribution is 0.0993. The van der Waals surface area contributed by atoms with Crippen molar-refractivity contribution in [2.24, 2.45) is 10.9 Å². The average molecular weight is 407 g/mol. The van der Waals surface area contributed by atoms with E-state index in [2.05, 4.69) is 50.4 Å². The summed E-state index contributed by atoms with van der Waals surface area (Å²) in [6.07, 6.45) is 4.39. The van der Waals surface area contributed by atoms with Crippen LogP contribution in [-0.2, 0) is 12.0 Å². The molecule has 1 heterocycles. The third-order valence-electron chi connectivity index (χ3n) is 4.21. The van der Waals surface area contributed by atoms with Crippen molar-refractivity contribution < 1.29 is 9.53 Å². The van der Waals surface area contributed by atoms with E-state index in [1.807, 2.05) is 0 Å². The van der Waals surface area contributed by atoms with Gasteiger partial charge in [0.1, 0.15) is 5.75 Å². The lowest BCUT2D eigenvalue weighted by Crippen LogP contribution is -2.19. The first-order valence-electron chi connectivity index (χ1n) is 9.39. The molecular formula is C21H27ClN2O2S.